The van der Waals surface area contributed by atoms with E-state index in [-0.39, 0.29) is 6.61 Å². The molecule has 0 aromatic rings. The van der Waals surface area contributed by atoms with Crippen LogP contribution in [0.15, 0.2) is 0 Å². The quantitative estimate of drug-likeness (QED) is 0.780. The first kappa shape index (κ1) is 12.8. The second-order valence-corrected chi connectivity index (χ2v) is 5.62. The topological polar surface area (TPSA) is 57.5 Å². The van der Waals surface area contributed by atoms with Crippen LogP contribution in [-0.2, 0) is 4.79 Å². The van der Waals surface area contributed by atoms with Crippen molar-refractivity contribution in [3.05, 3.63) is 0 Å². The van der Waals surface area contributed by atoms with Crippen LogP contribution in [0.4, 0.5) is 0 Å². The zero-order valence-corrected chi connectivity index (χ0v) is 9.89. The molecule has 0 spiro atoms. The highest BCUT2D eigenvalue weighted by Crippen LogP contribution is 2.38. The molecule has 1 fully saturated rings. The number of aliphatic hydroxyl groups is 1. The Bertz CT molecular complexity index is 192. The molecule has 0 unspecified atom stereocenters. The molecule has 0 aromatic heterocycles. The van der Waals surface area contributed by atoms with Crippen LogP contribution in [0.5, 0.6) is 0 Å². The Labute approximate surface area is 95.3 Å². The van der Waals surface area contributed by atoms with Crippen molar-refractivity contribution >= 4 is 17.7 Å². The van der Waals surface area contributed by atoms with Gasteiger partial charge in [0.05, 0.1) is 6.61 Å². The number of hydrogen-bond acceptors (Lipinski definition) is 3. The monoisotopic (exact) mass is 232 g/mol. The number of rotatable bonds is 4. The van der Waals surface area contributed by atoms with E-state index in [1.807, 2.05) is 0 Å². The van der Waals surface area contributed by atoms with Crippen molar-refractivity contribution in [2.45, 2.75) is 49.7 Å². The largest absolute Gasteiger partial charge is 0.480 e. The second-order valence-electron chi connectivity index (χ2n) is 4.14. The predicted octanol–water partition coefficient (Wildman–Crippen LogP) is 2.28. The van der Waals surface area contributed by atoms with E-state index in [4.69, 9.17) is 5.11 Å². The van der Waals surface area contributed by atoms with Crippen molar-refractivity contribution < 1.29 is 15.0 Å². The lowest BCUT2D eigenvalue weighted by Crippen LogP contribution is -2.36. The Hall–Kier alpha value is -0.220. The fourth-order valence-electron chi connectivity index (χ4n) is 2.14. The van der Waals surface area contributed by atoms with Gasteiger partial charge in [0.15, 0.2) is 0 Å². The van der Waals surface area contributed by atoms with E-state index in [2.05, 4.69) is 0 Å². The van der Waals surface area contributed by atoms with E-state index < -0.39 is 10.7 Å². The van der Waals surface area contributed by atoms with Crippen molar-refractivity contribution in [2.75, 3.05) is 12.4 Å². The molecular weight excluding hydrogens is 212 g/mol. The molecule has 1 rings (SSSR count). The Balaban J connectivity index is 2.62. The molecule has 1 aliphatic rings. The van der Waals surface area contributed by atoms with Gasteiger partial charge in [0.25, 0.3) is 0 Å². The minimum Gasteiger partial charge on any atom is -0.480 e. The number of carboxylic acids is 1. The van der Waals surface area contributed by atoms with Crippen molar-refractivity contribution in [2.24, 2.45) is 0 Å². The van der Waals surface area contributed by atoms with E-state index in [9.17, 15) is 9.90 Å². The molecule has 3 nitrogen and oxygen atoms in total. The summed E-state index contributed by atoms with van der Waals surface area (Å²) in [4.78, 5) is 11.3. The van der Waals surface area contributed by atoms with E-state index >= 15 is 0 Å². The van der Waals surface area contributed by atoms with Crippen molar-refractivity contribution in [1.29, 1.82) is 0 Å². The van der Waals surface area contributed by atoms with Gasteiger partial charge in [0, 0.05) is 5.75 Å². The van der Waals surface area contributed by atoms with Gasteiger partial charge in [-0.2, -0.15) is 0 Å². The van der Waals surface area contributed by atoms with E-state index in [0.29, 0.717) is 5.75 Å². The summed E-state index contributed by atoms with van der Waals surface area (Å²) < 4.78 is -0.622. The van der Waals surface area contributed by atoms with Gasteiger partial charge in [-0.3, -0.25) is 4.79 Å². The predicted molar refractivity (Wildman–Crippen MR) is 62.2 cm³/mol. The van der Waals surface area contributed by atoms with Gasteiger partial charge >= 0.3 is 5.97 Å². The first-order valence-corrected chi connectivity index (χ1v) is 6.68. The zero-order chi connectivity index (χ0) is 11.1. The fourth-order valence-corrected chi connectivity index (χ4v) is 3.32. The van der Waals surface area contributed by atoms with Crippen LogP contribution in [0, 0.1) is 0 Å². The average Bonchev–Trinajstić information content (AvgIpc) is 2.16. The molecular formula is C11H20O3S. The average molecular weight is 232 g/mol. The maximum absolute atomic E-state index is 11.3. The third kappa shape index (κ3) is 3.68. The zero-order valence-electron chi connectivity index (χ0n) is 9.07. The number of hydrogen-bond donors (Lipinski definition) is 2. The number of thioether (sulfide) groups is 1. The first-order chi connectivity index (χ1) is 7.21. The van der Waals surface area contributed by atoms with E-state index in [0.717, 1.165) is 38.5 Å². The molecule has 0 heterocycles. The molecule has 0 aliphatic heterocycles. The summed E-state index contributed by atoms with van der Waals surface area (Å²) in [6.07, 6.45) is 7.05. The molecule has 88 valence electrons. The molecule has 2 N–H and O–H groups in total. The molecule has 0 radical (unpaired) electrons. The molecule has 1 aliphatic carbocycles. The van der Waals surface area contributed by atoms with Crippen LogP contribution in [-0.4, -0.2) is 33.3 Å². The summed E-state index contributed by atoms with van der Waals surface area (Å²) in [6.45, 7) is 0.0691. The number of aliphatic carboxylic acids is 1. The van der Waals surface area contributed by atoms with Gasteiger partial charge < -0.3 is 10.2 Å². The number of carboxylic acid groups (broad SMARTS) is 1. The van der Waals surface area contributed by atoms with Crippen LogP contribution in [0.1, 0.15) is 44.9 Å². The summed E-state index contributed by atoms with van der Waals surface area (Å²) in [7, 11) is 0. The van der Waals surface area contributed by atoms with Gasteiger partial charge in [-0.05, 0) is 12.8 Å². The highest BCUT2D eigenvalue weighted by molar-refractivity contribution is 8.01. The molecule has 0 atom stereocenters. The van der Waals surface area contributed by atoms with Crippen molar-refractivity contribution in [1.82, 2.24) is 0 Å². The minimum atomic E-state index is -0.692. The maximum Gasteiger partial charge on any atom is 0.319 e. The van der Waals surface area contributed by atoms with E-state index in [1.54, 1.807) is 0 Å². The van der Waals surface area contributed by atoms with Gasteiger partial charge in [0.1, 0.15) is 4.75 Å². The lowest BCUT2D eigenvalue weighted by molar-refractivity contribution is -0.140. The van der Waals surface area contributed by atoms with Crippen molar-refractivity contribution in [3.63, 3.8) is 0 Å². The minimum absolute atomic E-state index is 0.0691. The van der Waals surface area contributed by atoms with Gasteiger partial charge in [-0.15, -0.1) is 11.8 Å². The first-order valence-electron chi connectivity index (χ1n) is 5.69. The highest BCUT2D eigenvalue weighted by Gasteiger charge is 2.38. The SMILES string of the molecule is O=C(O)C1(SCCO)CCCCCCC1. The molecule has 1 saturated carbocycles. The molecule has 0 bridgehead atoms. The smallest absolute Gasteiger partial charge is 0.319 e. The van der Waals surface area contributed by atoms with Gasteiger partial charge in [-0.1, -0.05) is 32.1 Å². The lowest BCUT2D eigenvalue weighted by atomic mass is 9.90. The maximum atomic E-state index is 11.3. The molecule has 0 aromatic carbocycles. The number of carbonyl (C=O) groups is 1. The van der Waals surface area contributed by atoms with Crippen LogP contribution < -0.4 is 0 Å². The Kier molecular flexibility index (Phi) is 5.47. The van der Waals surface area contributed by atoms with Gasteiger partial charge in [0.2, 0.25) is 0 Å². The molecule has 15 heavy (non-hydrogen) atoms. The third-order valence-corrected chi connectivity index (χ3v) is 4.54. The normalized spacial score (nSPS) is 21.7. The highest BCUT2D eigenvalue weighted by atomic mass is 32.2. The third-order valence-electron chi connectivity index (χ3n) is 3.02. The Morgan fingerprint density at radius 2 is 1.67 bits per heavy atom. The summed E-state index contributed by atoms with van der Waals surface area (Å²) in [6, 6.07) is 0. The van der Waals surface area contributed by atoms with Crippen LogP contribution in [0.3, 0.4) is 0 Å². The fraction of sp³-hybridized carbons (Fsp3) is 0.909. The molecule has 0 saturated heterocycles. The van der Waals surface area contributed by atoms with Crippen molar-refractivity contribution in [3.8, 4) is 0 Å². The van der Waals surface area contributed by atoms with Crippen LogP contribution in [0.25, 0.3) is 0 Å². The Morgan fingerprint density at radius 1 is 1.13 bits per heavy atom. The Morgan fingerprint density at radius 3 is 2.13 bits per heavy atom. The van der Waals surface area contributed by atoms with E-state index in [1.165, 1.54) is 18.2 Å². The van der Waals surface area contributed by atoms with Crippen LogP contribution >= 0.6 is 11.8 Å². The summed E-state index contributed by atoms with van der Waals surface area (Å²) in [5.74, 6) is -0.158. The van der Waals surface area contributed by atoms with Gasteiger partial charge in [-0.25, -0.2) is 0 Å². The summed E-state index contributed by atoms with van der Waals surface area (Å²) in [5.41, 5.74) is 0. The summed E-state index contributed by atoms with van der Waals surface area (Å²) in [5, 5.41) is 18.1. The standard InChI is InChI=1S/C11H20O3S/c12-8-9-15-11(10(13)14)6-4-2-1-3-5-7-11/h12H,1-9H2,(H,13,14). The number of aliphatic hydroxyl groups excluding tert-OH is 1. The summed E-state index contributed by atoms with van der Waals surface area (Å²) >= 11 is 1.43. The molecule has 0 amide bonds. The lowest BCUT2D eigenvalue weighted by Gasteiger charge is -2.30. The second kappa shape index (κ2) is 6.38. The van der Waals surface area contributed by atoms with Crippen LogP contribution in [0.2, 0.25) is 0 Å². The molecule has 4 heteroatoms.